The van der Waals surface area contributed by atoms with Crippen LogP contribution in [0.1, 0.15) is 28.1 Å². The molecule has 3 nitrogen and oxygen atoms in total. The summed E-state index contributed by atoms with van der Waals surface area (Å²) in [6.45, 7) is 3.68. The number of hydrogen-bond donors (Lipinski definition) is 1. The van der Waals surface area contributed by atoms with Gasteiger partial charge < -0.3 is 9.84 Å². The first-order chi connectivity index (χ1) is 12.3. The molecule has 3 aromatic rings. The molecule has 0 aliphatic heterocycles. The first kappa shape index (κ1) is 18.7. The summed E-state index contributed by atoms with van der Waals surface area (Å²) in [6, 6.07) is 6.36. The van der Waals surface area contributed by atoms with Crippen LogP contribution in [0.5, 0.6) is 5.75 Å². The van der Waals surface area contributed by atoms with Crippen LogP contribution in [0, 0.1) is 13.8 Å². The van der Waals surface area contributed by atoms with Crippen molar-refractivity contribution >= 4 is 21.4 Å². The smallest absolute Gasteiger partial charge is 0.417 e. The molecule has 1 aromatic carbocycles. The van der Waals surface area contributed by atoms with Gasteiger partial charge in [0.2, 0.25) is 0 Å². The lowest BCUT2D eigenvalue weighted by Gasteiger charge is -2.14. The molecule has 0 fully saturated rings. The molecule has 2 heterocycles. The Balaban J connectivity index is 1.96. The molecule has 0 saturated heterocycles. The predicted octanol–water partition coefficient (Wildman–Crippen LogP) is 5.05. The minimum Gasteiger partial charge on any atom is -0.489 e. The van der Waals surface area contributed by atoms with E-state index in [4.69, 9.17) is 9.84 Å². The van der Waals surface area contributed by atoms with Gasteiger partial charge in [-0.2, -0.15) is 13.2 Å². The Hall–Kier alpha value is -2.12. The molecule has 0 unspecified atom stereocenters. The maximum absolute atomic E-state index is 13.5. The molecule has 0 aliphatic rings. The van der Waals surface area contributed by atoms with Crippen LogP contribution in [-0.2, 0) is 19.2 Å². The summed E-state index contributed by atoms with van der Waals surface area (Å²) in [7, 11) is 0. The Morgan fingerprint density at radius 1 is 1.15 bits per heavy atom. The number of aromatic nitrogens is 1. The van der Waals surface area contributed by atoms with Gasteiger partial charge >= 0.3 is 6.18 Å². The molecule has 2 aromatic heterocycles. The lowest BCUT2D eigenvalue weighted by molar-refractivity contribution is -0.136. The molecule has 0 saturated carbocycles. The number of aliphatic hydroxyl groups excluding tert-OH is 1. The fourth-order valence-electron chi connectivity index (χ4n) is 2.85. The van der Waals surface area contributed by atoms with Gasteiger partial charge in [0.25, 0.3) is 0 Å². The zero-order chi connectivity index (χ0) is 18.9. The third kappa shape index (κ3) is 3.83. The molecule has 0 spiro atoms. The summed E-state index contributed by atoms with van der Waals surface area (Å²) in [4.78, 5) is 4.33. The highest BCUT2D eigenvalue weighted by molar-refractivity contribution is 7.17. The van der Waals surface area contributed by atoms with Crippen molar-refractivity contribution in [3.8, 4) is 5.75 Å². The van der Waals surface area contributed by atoms with Crippen molar-refractivity contribution in [3.05, 3.63) is 57.7 Å². The van der Waals surface area contributed by atoms with Gasteiger partial charge in [-0.3, -0.25) is 4.98 Å². The van der Waals surface area contributed by atoms with Crippen molar-refractivity contribution in [2.24, 2.45) is 0 Å². The summed E-state index contributed by atoms with van der Waals surface area (Å²) >= 11 is 1.22. The first-order valence-corrected chi connectivity index (χ1v) is 8.95. The van der Waals surface area contributed by atoms with E-state index in [-0.39, 0.29) is 30.8 Å². The largest absolute Gasteiger partial charge is 0.489 e. The maximum Gasteiger partial charge on any atom is 0.417 e. The van der Waals surface area contributed by atoms with Gasteiger partial charge in [0.05, 0.1) is 5.56 Å². The normalized spacial score (nSPS) is 11.9. The molecule has 0 amide bonds. The average molecular weight is 381 g/mol. The van der Waals surface area contributed by atoms with E-state index in [1.54, 1.807) is 11.4 Å². The number of aliphatic hydroxyl groups is 1. The molecule has 3 rings (SSSR count). The maximum atomic E-state index is 13.5. The molecule has 1 N–H and O–H groups in total. The van der Waals surface area contributed by atoms with Crippen LogP contribution in [0.3, 0.4) is 0 Å². The second kappa shape index (κ2) is 7.25. The van der Waals surface area contributed by atoms with Crippen molar-refractivity contribution < 1.29 is 23.0 Å². The van der Waals surface area contributed by atoms with Crippen LogP contribution in [0.25, 0.3) is 10.1 Å². The van der Waals surface area contributed by atoms with Gasteiger partial charge in [-0.15, -0.1) is 11.3 Å². The number of halogens is 3. The van der Waals surface area contributed by atoms with E-state index >= 15 is 0 Å². The molecular formula is C19H18F3NO2S. The van der Waals surface area contributed by atoms with Crippen LogP contribution >= 0.6 is 11.3 Å². The molecular weight excluding hydrogens is 363 g/mol. The van der Waals surface area contributed by atoms with Crippen molar-refractivity contribution in [3.63, 3.8) is 0 Å². The average Bonchev–Trinajstić information content (AvgIpc) is 2.96. The lowest BCUT2D eigenvalue weighted by atomic mass is 10.0. The van der Waals surface area contributed by atoms with Gasteiger partial charge in [-0.25, -0.2) is 0 Å². The highest BCUT2D eigenvalue weighted by Crippen LogP contribution is 2.41. The van der Waals surface area contributed by atoms with E-state index in [1.165, 1.54) is 11.3 Å². The number of aryl methyl sites for hydroxylation is 2. The predicted molar refractivity (Wildman–Crippen MR) is 95.7 cm³/mol. The summed E-state index contributed by atoms with van der Waals surface area (Å²) in [5.41, 5.74) is 2.28. The molecule has 7 heteroatoms. The fourth-order valence-corrected chi connectivity index (χ4v) is 3.90. The Morgan fingerprint density at radius 2 is 1.92 bits per heavy atom. The number of nitrogens with zero attached hydrogens (tertiary/aromatic N) is 1. The van der Waals surface area contributed by atoms with Gasteiger partial charge in [0, 0.05) is 33.6 Å². The minimum absolute atomic E-state index is 0.150. The molecule has 138 valence electrons. The monoisotopic (exact) mass is 381 g/mol. The molecule has 0 aliphatic carbocycles. The Labute approximate surface area is 153 Å². The minimum atomic E-state index is -4.50. The summed E-state index contributed by atoms with van der Waals surface area (Å²) in [5.74, 6) is 0.169. The Morgan fingerprint density at radius 3 is 2.58 bits per heavy atom. The van der Waals surface area contributed by atoms with E-state index in [9.17, 15) is 13.2 Å². The number of hydrogen-bond acceptors (Lipinski definition) is 4. The number of thiophene rings is 1. The van der Waals surface area contributed by atoms with E-state index in [0.717, 1.165) is 23.0 Å². The standard InChI is InChI=1S/C19H18F3NO2S/c1-11-3-4-13(12(2)23-11)9-25-15-7-16(19(20,21)22)18-14(5-6-24)10-26-17(18)8-15/h3-4,7-8,10,24H,5-6,9H2,1-2H3. The second-order valence-corrected chi connectivity index (χ2v) is 6.97. The van der Waals surface area contributed by atoms with Crippen LogP contribution in [0.4, 0.5) is 13.2 Å². The summed E-state index contributed by atoms with van der Waals surface area (Å²) in [5, 5.41) is 10.9. The number of alkyl halides is 3. The van der Waals surface area contributed by atoms with E-state index in [2.05, 4.69) is 4.98 Å². The van der Waals surface area contributed by atoms with Crippen molar-refractivity contribution in [1.29, 1.82) is 0 Å². The lowest BCUT2D eigenvalue weighted by Crippen LogP contribution is -2.08. The van der Waals surface area contributed by atoms with Gasteiger partial charge in [-0.05, 0) is 49.4 Å². The highest BCUT2D eigenvalue weighted by atomic mass is 32.1. The number of pyridine rings is 1. The van der Waals surface area contributed by atoms with Crippen LogP contribution in [-0.4, -0.2) is 16.7 Å². The number of benzene rings is 1. The van der Waals surface area contributed by atoms with Crippen molar-refractivity contribution in [1.82, 2.24) is 4.98 Å². The van der Waals surface area contributed by atoms with Gasteiger partial charge in [-0.1, -0.05) is 6.07 Å². The SMILES string of the molecule is Cc1ccc(COc2cc(C(F)(F)F)c3c(CCO)csc3c2)c(C)n1. The molecule has 0 atom stereocenters. The topological polar surface area (TPSA) is 42.4 Å². The fraction of sp³-hybridized carbons (Fsp3) is 0.316. The second-order valence-electron chi connectivity index (χ2n) is 6.06. The van der Waals surface area contributed by atoms with Crippen molar-refractivity contribution in [2.75, 3.05) is 6.61 Å². The summed E-state index contributed by atoms with van der Waals surface area (Å²) in [6.07, 6.45) is -4.30. The quantitative estimate of drug-likeness (QED) is 0.673. The van der Waals surface area contributed by atoms with Crippen LogP contribution in [0.2, 0.25) is 0 Å². The highest BCUT2D eigenvalue weighted by Gasteiger charge is 2.34. The zero-order valence-electron chi connectivity index (χ0n) is 14.4. The third-order valence-electron chi connectivity index (χ3n) is 4.14. The number of rotatable bonds is 5. The number of ether oxygens (including phenoxy) is 1. The zero-order valence-corrected chi connectivity index (χ0v) is 15.2. The Kier molecular flexibility index (Phi) is 5.20. The van der Waals surface area contributed by atoms with Crippen molar-refractivity contribution in [2.45, 2.75) is 33.1 Å². The van der Waals surface area contributed by atoms with E-state index < -0.39 is 11.7 Å². The number of fused-ring (bicyclic) bond motifs is 1. The Bertz CT molecular complexity index is 934. The van der Waals surface area contributed by atoms with E-state index in [0.29, 0.717) is 10.3 Å². The van der Waals surface area contributed by atoms with Crippen LogP contribution in [0.15, 0.2) is 29.6 Å². The van der Waals surface area contributed by atoms with Gasteiger partial charge in [0.1, 0.15) is 12.4 Å². The summed E-state index contributed by atoms with van der Waals surface area (Å²) < 4.78 is 46.8. The van der Waals surface area contributed by atoms with Crippen LogP contribution < -0.4 is 4.74 Å². The molecule has 0 radical (unpaired) electrons. The molecule has 0 bridgehead atoms. The third-order valence-corrected chi connectivity index (χ3v) is 5.12. The first-order valence-electron chi connectivity index (χ1n) is 8.07. The van der Waals surface area contributed by atoms with E-state index in [1.807, 2.05) is 26.0 Å². The van der Waals surface area contributed by atoms with Gasteiger partial charge in [0.15, 0.2) is 0 Å². The molecule has 26 heavy (non-hydrogen) atoms.